The quantitative estimate of drug-likeness (QED) is 0.708. The van der Waals surface area contributed by atoms with Crippen molar-refractivity contribution in [1.82, 2.24) is 9.62 Å². The molecule has 0 saturated carbocycles. The maximum Gasteiger partial charge on any atom is 0.243 e. The summed E-state index contributed by atoms with van der Waals surface area (Å²) in [5.74, 6) is 0.563. The fourth-order valence-electron chi connectivity index (χ4n) is 2.84. The lowest BCUT2D eigenvalue weighted by molar-refractivity contribution is -0.122. The fraction of sp³-hybridized carbons (Fsp3) is 0.588. The molecule has 1 aliphatic rings. The lowest BCUT2D eigenvalue weighted by Gasteiger charge is -2.27. The number of rotatable bonds is 8. The summed E-state index contributed by atoms with van der Waals surface area (Å²) in [4.78, 5) is 12.4. The van der Waals surface area contributed by atoms with Crippen LogP contribution < -0.4 is 11.1 Å². The average molecular weight is 386 g/mol. The molecule has 1 atom stereocenters. The molecule has 0 spiro atoms. The first-order chi connectivity index (χ1) is 12.0. The SMILES string of the molecule is CSCC[C@H](N)C(=O)NCc1ccccc1S(=O)(=O)N1CCCCC1. The molecular weight excluding hydrogens is 358 g/mol. The number of hydrogen-bond acceptors (Lipinski definition) is 5. The minimum absolute atomic E-state index is 0.162. The lowest BCUT2D eigenvalue weighted by atomic mass is 10.2. The van der Waals surface area contributed by atoms with Gasteiger partial charge in [0, 0.05) is 19.6 Å². The molecule has 1 saturated heterocycles. The molecule has 0 unspecified atom stereocenters. The van der Waals surface area contributed by atoms with Crippen LogP contribution in [0.4, 0.5) is 0 Å². The van der Waals surface area contributed by atoms with E-state index in [1.54, 1.807) is 40.3 Å². The second-order valence-corrected chi connectivity index (χ2v) is 9.07. The summed E-state index contributed by atoms with van der Waals surface area (Å²) in [6.45, 7) is 1.28. The van der Waals surface area contributed by atoms with Crippen LogP contribution >= 0.6 is 11.8 Å². The molecule has 0 bridgehead atoms. The zero-order chi connectivity index (χ0) is 18.3. The first kappa shape index (κ1) is 20.2. The van der Waals surface area contributed by atoms with Crippen molar-refractivity contribution in [3.05, 3.63) is 29.8 Å². The number of hydrogen-bond donors (Lipinski definition) is 2. The molecule has 0 aliphatic carbocycles. The van der Waals surface area contributed by atoms with Gasteiger partial charge in [0.05, 0.1) is 10.9 Å². The topological polar surface area (TPSA) is 92.5 Å². The third kappa shape index (κ3) is 5.44. The van der Waals surface area contributed by atoms with Gasteiger partial charge >= 0.3 is 0 Å². The molecule has 1 heterocycles. The zero-order valence-corrected chi connectivity index (χ0v) is 16.2. The van der Waals surface area contributed by atoms with E-state index < -0.39 is 16.1 Å². The summed E-state index contributed by atoms with van der Waals surface area (Å²) < 4.78 is 27.4. The van der Waals surface area contributed by atoms with E-state index in [4.69, 9.17) is 5.73 Å². The number of benzene rings is 1. The molecule has 1 aromatic carbocycles. The predicted molar refractivity (Wildman–Crippen MR) is 102 cm³/mol. The number of nitrogens with one attached hydrogen (secondary N) is 1. The van der Waals surface area contributed by atoms with Crippen molar-refractivity contribution >= 4 is 27.7 Å². The molecule has 2 rings (SSSR count). The Kier molecular flexibility index (Phi) is 7.74. The van der Waals surface area contributed by atoms with Crippen LogP contribution in [0, 0.1) is 0 Å². The van der Waals surface area contributed by atoms with Crippen LogP contribution in [0.3, 0.4) is 0 Å². The predicted octanol–water partition coefficient (Wildman–Crippen LogP) is 1.56. The van der Waals surface area contributed by atoms with E-state index in [0.29, 0.717) is 25.1 Å². The molecule has 1 aliphatic heterocycles. The number of thioether (sulfide) groups is 1. The van der Waals surface area contributed by atoms with Crippen molar-refractivity contribution in [2.75, 3.05) is 25.1 Å². The van der Waals surface area contributed by atoms with Crippen LogP contribution in [-0.2, 0) is 21.4 Å². The van der Waals surface area contributed by atoms with E-state index >= 15 is 0 Å². The van der Waals surface area contributed by atoms with Gasteiger partial charge in [-0.25, -0.2) is 8.42 Å². The van der Waals surface area contributed by atoms with Crippen molar-refractivity contribution < 1.29 is 13.2 Å². The Morgan fingerprint density at radius 2 is 1.96 bits per heavy atom. The summed E-state index contributed by atoms with van der Waals surface area (Å²) in [5.41, 5.74) is 6.45. The average Bonchev–Trinajstić information content (AvgIpc) is 2.65. The smallest absolute Gasteiger partial charge is 0.243 e. The van der Waals surface area contributed by atoms with Gasteiger partial charge in [-0.3, -0.25) is 4.79 Å². The summed E-state index contributed by atoms with van der Waals surface area (Å²) in [7, 11) is -3.53. The van der Waals surface area contributed by atoms with E-state index in [1.807, 2.05) is 6.26 Å². The molecule has 1 aromatic rings. The maximum atomic E-state index is 12.9. The van der Waals surface area contributed by atoms with E-state index in [9.17, 15) is 13.2 Å². The van der Waals surface area contributed by atoms with E-state index in [-0.39, 0.29) is 17.3 Å². The standard InChI is InChI=1S/C17H27N3O3S2/c1-24-12-9-15(18)17(21)19-13-14-7-3-4-8-16(14)25(22,23)20-10-5-2-6-11-20/h3-4,7-8,15H,2,5-6,9-13,18H2,1H3,(H,19,21)/t15-/m0/s1. The third-order valence-electron chi connectivity index (χ3n) is 4.33. The maximum absolute atomic E-state index is 12.9. The monoisotopic (exact) mass is 385 g/mol. The number of carbonyl (C=O) groups excluding carboxylic acids is 1. The Bertz CT molecular complexity index is 673. The molecule has 25 heavy (non-hydrogen) atoms. The third-order valence-corrected chi connectivity index (χ3v) is 6.97. The molecule has 1 fully saturated rings. The molecule has 8 heteroatoms. The minimum Gasteiger partial charge on any atom is -0.351 e. The number of nitrogens with two attached hydrogens (primary N) is 1. The Morgan fingerprint density at radius 3 is 2.64 bits per heavy atom. The number of nitrogens with zero attached hydrogens (tertiary/aromatic N) is 1. The normalized spacial score (nSPS) is 17.2. The highest BCUT2D eigenvalue weighted by Crippen LogP contribution is 2.23. The van der Waals surface area contributed by atoms with Crippen molar-refractivity contribution in [3.63, 3.8) is 0 Å². The summed E-state index contributed by atoms with van der Waals surface area (Å²) in [6.07, 6.45) is 5.41. The highest BCUT2D eigenvalue weighted by Gasteiger charge is 2.28. The summed E-state index contributed by atoms with van der Waals surface area (Å²) in [6, 6.07) is 6.28. The Labute approximate surface area is 154 Å². The summed E-state index contributed by atoms with van der Waals surface area (Å²) >= 11 is 1.64. The Morgan fingerprint density at radius 1 is 1.28 bits per heavy atom. The lowest BCUT2D eigenvalue weighted by Crippen LogP contribution is -2.41. The molecule has 0 aromatic heterocycles. The van der Waals surface area contributed by atoms with Gasteiger partial charge in [-0.05, 0) is 42.9 Å². The van der Waals surface area contributed by atoms with Crippen LogP contribution in [0.1, 0.15) is 31.2 Å². The molecule has 140 valence electrons. The molecule has 1 amide bonds. The van der Waals surface area contributed by atoms with Crippen molar-refractivity contribution in [3.8, 4) is 0 Å². The van der Waals surface area contributed by atoms with Gasteiger partial charge in [-0.1, -0.05) is 24.6 Å². The zero-order valence-electron chi connectivity index (χ0n) is 14.6. The van der Waals surface area contributed by atoms with Crippen molar-refractivity contribution in [1.29, 1.82) is 0 Å². The van der Waals surface area contributed by atoms with Gasteiger partial charge in [0.15, 0.2) is 0 Å². The van der Waals surface area contributed by atoms with Crippen molar-refractivity contribution in [2.45, 2.75) is 43.2 Å². The van der Waals surface area contributed by atoms with E-state index in [2.05, 4.69) is 5.32 Å². The van der Waals surface area contributed by atoms with Crippen molar-refractivity contribution in [2.24, 2.45) is 5.73 Å². The summed E-state index contributed by atoms with van der Waals surface area (Å²) in [5, 5.41) is 2.77. The minimum atomic E-state index is -3.53. The number of sulfonamides is 1. The molecule has 0 radical (unpaired) electrons. The Balaban J connectivity index is 2.08. The fourth-order valence-corrected chi connectivity index (χ4v) is 5.06. The number of amides is 1. The molecular formula is C17H27N3O3S2. The largest absolute Gasteiger partial charge is 0.351 e. The highest BCUT2D eigenvalue weighted by molar-refractivity contribution is 7.98. The van der Waals surface area contributed by atoms with E-state index in [0.717, 1.165) is 25.0 Å². The number of carbonyl (C=O) groups is 1. The van der Waals surface area contributed by atoms with Crippen LogP contribution in [0.2, 0.25) is 0 Å². The van der Waals surface area contributed by atoms with Gasteiger partial charge in [0.2, 0.25) is 15.9 Å². The molecule has 6 nitrogen and oxygen atoms in total. The van der Waals surface area contributed by atoms with E-state index in [1.165, 1.54) is 0 Å². The molecule has 3 N–H and O–H groups in total. The second-order valence-electron chi connectivity index (χ2n) is 6.18. The van der Waals surface area contributed by atoms with Crippen LogP contribution in [0.15, 0.2) is 29.2 Å². The first-order valence-electron chi connectivity index (χ1n) is 8.57. The second kappa shape index (κ2) is 9.56. The van der Waals surface area contributed by atoms with Crippen LogP contribution in [0.25, 0.3) is 0 Å². The first-order valence-corrected chi connectivity index (χ1v) is 11.4. The highest BCUT2D eigenvalue weighted by atomic mass is 32.2. The van der Waals surface area contributed by atoms with Crippen LogP contribution in [-0.4, -0.2) is 49.8 Å². The van der Waals surface area contributed by atoms with Gasteiger partial charge in [0.25, 0.3) is 0 Å². The van der Waals surface area contributed by atoms with Gasteiger partial charge in [0.1, 0.15) is 0 Å². The van der Waals surface area contributed by atoms with Gasteiger partial charge < -0.3 is 11.1 Å². The van der Waals surface area contributed by atoms with Gasteiger partial charge in [-0.2, -0.15) is 16.1 Å². The number of piperidine rings is 1. The van der Waals surface area contributed by atoms with Crippen LogP contribution in [0.5, 0.6) is 0 Å². The van der Waals surface area contributed by atoms with Gasteiger partial charge in [-0.15, -0.1) is 0 Å². The Hall–Kier alpha value is -1.09.